The van der Waals surface area contributed by atoms with E-state index in [9.17, 15) is 9.90 Å². The van der Waals surface area contributed by atoms with Crippen LogP contribution in [-0.4, -0.2) is 21.2 Å². The molecule has 0 atom stereocenters. The van der Waals surface area contributed by atoms with Gasteiger partial charge in [0.05, 0.1) is 5.92 Å². The van der Waals surface area contributed by atoms with Crippen molar-refractivity contribution in [2.45, 2.75) is 31.3 Å². The van der Waals surface area contributed by atoms with E-state index in [-0.39, 0.29) is 5.92 Å². The minimum absolute atomic E-state index is 0.301. The monoisotopic (exact) mass is 227 g/mol. The van der Waals surface area contributed by atoms with Crippen LogP contribution in [0.1, 0.15) is 30.7 Å². The van der Waals surface area contributed by atoms with Gasteiger partial charge in [0.25, 0.3) is 0 Å². The van der Waals surface area contributed by atoms with Crippen LogP contribution in [0.25, 0.3) is 0 Å². The molecule has 0 aromatic carbocycles. The fraction of sp³-hybridized carbons (Fsp3) is 0.600. The first-order chi connectivity index (χ1) is 7.12. The van der Waals surface area contributed by atoms with Gasteiger partial charge in [-0.3, -0.25) is 4.79 Å². The third-order valence-electron chi connectivity index (χ3n) is 2.99. The Morgan fingerprint density at radius 1 is 1.53 bits per heavy atom. The van der Waals surface area contributed by atoms with Crippen molar-refractivity contribution >= 4 is 17.3 Å². The second-order valence-corrected chi connectivity index (χ2v) is 4.88. The van der Waals surface area contributed by atoms with Crippen LogP contribution in [0.4, 0.5) is 0 Å². The smallest absolute Gasteiger partial charge is 0.306 e. The highest BCUT2D eigenvalue weighted by molar-refractivity contribution is 7.09. The summed E-state index contributed by atoms with van der Waals surface area (Å²) in [5.41, 5.74) is -0.889. The van der Waals surface area contributed by atoms with Gasteiger partial charge in [-0.2, -0.15) is 0 Å². The fourth-order valence-electron chi connectivity index (χ4n) is 2.01. The summed E-state index contributed by atoms with van der Waals surface area (Å²) in [7, 11) is 0. The summed E-state index contributed by atoms with van der Waals surface area (Å²) in [4.78, 5) is 14.9. The van der Waals surface area contributed by atoms with Gasteiger partial charge in [-0.25, -0.2) is 4.98 Å². The largest absolute Gasteiger partial charge is 0.481 e. The highest BCUT2D eigenvalue weighted by Gasteiger charge is 2.38. The number of carbonyl (C=O) groups is 1. The molecule has 0 radical (unpaired) electrons. The van der Waals surface area contributed by atoms with Gasteiger partial charge in [0, 0.05) is 11.6 Å². The predicted octanol–water partition coefficient (Wildman–Crippen LogP) is 1.61. The van der Waals surface area contributed by atoms with Crippen LogP contribution in [0.15, 0.2) is 11.6 Å². The number of carboxylic acids is 1. The van der Waals surface area contributed by atoms with Crippen LogP contribution in [0.5, 0.6) is 0 Å². The molecule has 1 fully saturated rings. The molecule has 2 N–H and O–H groups in total. The summed E-state index contributed by atoms with van der Waals surface area (Å²) in [6.07, 6.45) is 3.73. The van der Waals surface area contributed by atoms with E-state index >= 15 is 0 Å². The summed E-state index contributed by atoms with van der Waals surface area (Å²) in [5.74, 6) is -1.05. The Morgan fingerprint density at radius 3 is 2.67 bits per heavy atom. The second kappa shape index (κ2) is 3.90. The maximum Gasteiger partial charge on any atom is 0.306 e. The van der Waals surface area contributed by atoms with Crippen LogP contribution in [0, 0.1) is 5.92 Å². The van der Waals surface area contributed by atoms with Crippen molar-refractivity contribution < 1.29 is 15.0 Å². The minimum Gasteiger partial charge on any atom is -0.481 e. The van der Waals surface area contributed by atoms with Crippen molar-refractivity contribution in [3.05, 3.63) is 16.6 Å². The normalized spacial score (nSPS) is 31.4. The Morgan fingerprint density at radius 2 is 2.20 bits per heavy atom. The third-order valence-corrected chi connectivity index (χ3v) is 3.96. The van der Waals surface area contributed by atoms with Gasteiger partial charge < -0.3 is 10.2 Å². The van der Waals surface area contributed by atoms with E-state index < -0.39 is 11.6 Å². The molecule has 0 spiro atoms. The summed E-state index contributed by atoms with van der Waals surface area (Å²) in [6.45, 7) is 0. The number of rotatable bonds is 2. The Kier molecular flexibility index (Phi) is 2.75. The van der Waals surface area contributed by atoms with Gasteiger partial charge >= 0.3 is 5.97 Å². The Balaban J connectivity index is 2.06. The molecule has 82 valence electrons. The molecule has 1 aliphatic carbocycles. The van der Waals surface area contributed by atoms with Gasteiger partial charge in [-0.15, -0.1) is 11.3 Å². The maximum atomic E-state index is 10.8. The molecule has 2 rings (SSSR count). The third kappa shape index (κ3) is 2.03. The lowest BCUT2D eigenvalue weighted by Crippen LogP contribution is -2.33. The summed E-state index contributed by atoms with van der Waals surface area (Å²) >= 11 is 1.43. The van der Waals surface area contributed by atoms with E-state index in [1.165, 1.54) is 11.3 Å². The Bertz CT molecular complexity index is 342. The first kappa shape index (κ1) is 10.6. The molecular weight excluding hydrogens is 214 g/mol. The molecule has 0 bridgehead atoms. The van der Waals surface area contributed by atoms with Crippen LogP contribution in [-0.2, 0) is 10.4 Å². The molecule has 4 nitrogen and oxygen atoms in total. The van der Waals surface area contributed by atoms with Gasteiger partial charge in [0.15, 0.2) is 0 Å². The molecular formula is C10H13NO3S. The van der Waals surface area contributed by atoms with Crippen molar-refractivity contribution in [1.82, 2.24) is 4.98 Å². The highest BCUT2D eigenvalue weighted by atomic mass is 32.1. The number of aliphatic hydroxyl groups is 1. The number of thiazole rings is 1. The van der Waals surface area contributed by atoms with E-state index in [2.05, 4.69) is 4.98 Å². The quantitative estimate of drug-likeness (QED) is 0.805. The summed E-state index contributed by atoms with van der Waals surface area (Å²) < 4.78 is 0. The fourth-order valence-corrected chi connectivity index (χ4v) is 2.81. The van der Waals surface area contributed by atoms with E-state index in [0.29, 0.717) is 30.7 Å². The zero-order chi connectivity index (χ0) is 10.9. The standard InChI is InChI=1S/C10H13NO3S/c12-8(13)7-1-3-10(14,4-2-7)9-11-5-6-15-9/h5-7,14H,1-4H2,(H,12,13)/t7-,10-. The predicted molar refractivity (Wildman–Crippen MR) is 55.6 cm³/mol. The first-order valence-electron chi connectivity index (χ1n) is 4.97. The molecule has 15 heavy (non-hydrogen) atoms. The molecule has 1 heterocycles. The van der Waals surface area contributed by atoms with Gasteiger partial charge in [-0.1, -0.05) is 0 Å². The van der Waals surface area contributed by atoms with Crippen LogP contribution in [0.2, 0.25) is 0 Å². The molecule has 0 saturated heterocycles. The van der Waals surface area contributed by atoms with Crippen molar-refractivity contribution in [2.24, 2.45) is 5.92 Å². The molecule has 1 aromatic rings. The molecule has 5 heteroatoms. The Hall–Kier alpha value is -0.940. The number of aliphatic carboxylic acids is 1. The van der Waals surface area contributed by atoms with Crippen molar-refractivity contribution in [3.63, 3.8) is 0 Å². The molecule has 1 aliphatic rings. The van der Waals surface area contributed by atoms with Crippen molar-refractivity contribution in [3.8, 4) is 0 Å². The van der Waals surface area contributed by atoms with Gasteiger partial charge in [-0.05, 0) is 25.7 Å². The van der Waals surface area contributed by atoms with Crippen LogP contribution in [0.3, 0.4) is 0 Å². The highest BCUT2D eigenvalue weighted by Crippen LogP contribution is 2.40. The molecule has 0 aliphatic heterocycles. The topological polar surface area (TPSA) is 70.4 Å². The molecule has 0 unspecified atom stereocenters. The van der Waals surface area contributed by atoms with Crippen molar-refractivity contribution in [1.29, 1.82) is 0 Å². The Labute approximate surface area is 91.6 Å². The second-order valence-electron chi connectivity index (χ2n) is 3.98. The number of aromatic nitrogens is 1. The van der Waals surface area contributed by atoms with Gasteiger partial charge in [0.1, 0.15) is 10.6 Å². The minimum atomic E-state index is -0.889. The van der Waals surface area contributed by atoms with Crippen molar-refractivity contribution in [2.75, 3.05) is 0 Å². The van der Waals surface area contributed by atoms with E-state index in [1.54, 1.807) is 6.20 Å². The number of hydrogen-bond acceptors (Lipinski definition) is 4. The average molecular weight is 227 g/mol. The lowest BCUT2D eigenvalue weighted by atomic mass is 9.79. The number of nitrogens with zero attached hydrogens (tertiary/aromatic N) is 1. The zero-order valence-corrected chi connectivity index (χ0v) is 9.04. The molecule has 1 aromatic heterocycles. The molecule has 0 amide bonds. The van der Waals surface area contributed by atoms with E-state index in [1.807, 2.05) is 5.38 Å². The van der Waals surface area contributed by atoms with E-state index in [0.717, 1.165) is 0 Å². The lowest BCUT2D eigenvalue weighted by molar-refractivity contribution is -0.145. The SMILES string of the molecule is O=C(O)[C@H]1CC[C@@](O)(c2nccs2)CC1. The first-order valence-corrected chi connectivity index (χ1v) is 5.85. The maximum absolute atomic E-state index is 10.8. The van der Waals surface area contributed by atoms with Crippen LogP contribution >= 0.6 is 11.3 Å². The van der Waals surface area contributed by atoms with Crippen LogP contribution < -0.4 is 0 Å². The zero-order valence-electron chi connectivity index (χ0n) is 8.22. The van der Waals surface area contributed by atoms with E-state index in [4.69, 9.17) is 5.11 Å². The average Bonchev–Trinajstić information content (AvgIpc) is 2.71. The van der Waals surface area contributed by atoms with Gasteiger partial charge in [0.2, 0.25) is 0 Å². The lowest BCUT2D eigenvalue weighted by Gasteiger charge is -2.32. The number of carboxylic acid groups (broad SMARTS) is 1. The molecule has 1 saturated carbocycles. The summed E-state index contributed by atoms with van der Waals surface area (Å²) in [6, 6.07) is 0. The summed E-state index contributed by atoms with van der Waals surface area (Å²) in [5, 5.41) is 21.7. The number of hydrogen-bond donors (Lipinski definition) is 2.